The minimum atomic E-state index is -0.0696. The van der Waals surface area contributed by atoms with Crippen LogP contribution in [0.3, 0.4) is 0 Å². The van der Waals surface area contributed by atoms with Crippen LogP contribution in [0.5, 0.6) is 0 Å². The van der Waals surface area contributed by atoms with Crippen molar-refractivity contribution in [1.82, 2.24) is 9.80 Å². The molecule has 0 saturated carbocycles. The van der Waals surface area contributed by atoms with Gasteiger partial charge in [0.15, 0.2) is 0 Å². The molecule has 1 aromatic carbocycles. The van der Waals surface area contributed by atoms with Crippen LogP contribution in [0.2, 0.25) is 0 Å². The van der Waals surface area contributed by atoms with E-state index in [0.29, 0.717) is 25.4 Å². The summed E-state index contributed by atoms with van der Waals surface area (Å²) in [4.78, 5) is 31.3. The van der Waals surface area contributed by atoms with Crippen molar-refractivity contribution in [2.24, 2.45) is 11.8 Å². The molecular formula is C24H32N2O2S. The molecule has 0 saturated heterocycles. The third-order valence-corrected chi connectivity index (χ3v) is 6.25. The second-order valence-corrected chi connectivity index (χ2v) is 9.72. The van der Waals surface area contributed by atoms with Crippen LogP contribution in [-0.4, -0.2) is 41.2 Å². The van der Waals surface area contributed by atoms with Crippen molar-refractivity contribution in [2.45, 2.75) is 46.6 Å². The van der Waals surface area contributed by atoms with E-state index >= 15 is 0 Å². The number of hydrogen-bond donors (Lipinski definition) is 0. The van der Waals surface area contributed by atoms with E-state index in [2.05, 4.69) is 37.4 Å². The Balaban J connectivity index is 1.84. The van der Waals surface area contributed by atoms with Gasteiger partial charge >= 0.3 is 0 Å². The third kappa shape index (κ3) is 5.27. The molecule has 0 N–H and O–H groups in total. The standard InChI is InChI=1S/C24H32N2O2S/c1-17(2)14-22(27)25(15-18(3)4)16-23(28)26-12-10-21-20(11-13-29-21)24(26)19-8-6-5-7-9-19/h5-9,11,13,17-18,24H,10,12,14-16H2,1-4H3/t24-/m1/s1. The number of rotatable bonds is 7. The Morgan fingerprint density at radius 1 is 1.10 bits per heavy atom. The molecule has 0 spiro atoms. The van der Waals surface area contributed by atoms with Crippen molar-refractivity contribution in [3.05, 3.63) is 57.8 Å². The third-order valence-electron chi connectivity index (χ3n) is 5.25. The largest absolute Gasteiger partial charge is 0.333 e. The summed E-state index contributed by atoms with van der Waals surface area (Å²) in [6, 6.07) is 12.3. The predicted molar refractivity (Wildman–Crippen MR) is 119 cm³/mol. The number of carbonyl (C=O) groups excluding carboxylic acids is 2. The van der Waals surface area contributed by atoms with Gasteiger partial charge in [0, 0.05) is 24.4 Å². The van der Waals surface area contributed by atoms with E-state index in [1.165, 1.54) is 10.4 Å². The van der Waals surface area contributed by atoms with E-state index in [9.17, 15) is 9.59 Å². The number of carbonyl (C=O) groups is 2. The van der Waals surface area contributed by atoms with Crippen molar-refractivity contribution in [3.8, 4) is 0 Å². The van der Waals surface area contributed by atoms with Crippen LogP contribution in [0.25, 0.3) is 0 Å². The summed E-state index contributed by atoms with van der Waals surface area (Å²) in [6.45, 7) is 9.73. The Bertz CT molecular complexity index is 828. The van der Waals surface area contributed by atoms with E-state index in [1.54, 1.807) is 16.2 Å². The highest BCUT2D eigenvalue weighted by molar-refractivity contribution is 7.10. The van der Waals surface area contributed by atoms with Crippen LogP contribution in [0.1, 0.15) is 56.2 Å². The predicted octanol–water partition coefficient (Wildman–Crippen LogP) is 4.75. The number of amides is 2. The summed E-state index contributed by atoms with van der Waals surface area (Å²) in [5.41, 5.74) is 2.36. The van der Waals surface area contributed by atoms with Gasteiger partial charge in [0.1, 0.15) is 0 Å². The Morgan fingerprint density at radius 2 is 1.83 bits per heavy atom. The normalized spacial score (nSPS) is 16.2. The average Bonchev–Trinajstić information content (AvgIpc) is 3.15. The first-order valence-corrected chi connectivity index (χ1v) is 11.4. The van der Waals surface area contributed by atoms with Crippen LogP contribution < -0.4 is 0 Å². The van der Waals surface area contributed by atoms with Gasteiger partial charge in [-0.2, -0.15) is 0 Å². The first kappa shape index (κ1) is 21.6. The summed E-state index contributed by atoms with van der Waals surface area (Å²) >= 11 is 1.77. The Morgan fingerprint density at radius 3 is 2.48 bits per heavy atom. The fourth-order valence-corrected chi connectivity index (χ4v) is 4.91. The van der Waals surface area contributed by atoms with Crippen LogP contribution in [0.4, 0.5) is 0 Å². The van der Waals surface area contributed by atoms with Crippen LogP contribution in [0, 0.1) is 11.8 Å². The molecule has 2 amide bonds. The molecule has 2 aromatic rings. The molecule has 1 aromatic heterocycles. The zero-order chi connectivity index (χ0) is 21.0. The van der Waals surface area contributed by atoms with Gasteiger partial charge in [-0.3, -0.25) is 9.59 Å². The second kappa shape index (κ2) is 9.57. The smallest absolute Gasteiger partial charge is 0.242 e. The number of nitrogens with zero attached hydrogens (tertiary/aromatic N) is 2. The second-order valence-electron chi connectivity index (χ2n) is 8.72. The zero-order valence-corrected chi connectivity index (χ0v) is 18.7. The van der Waals surface area contributed by atoms with Gasteiger partial charge in [-0.05, 0) is 40.8 Å². The minimum Gasteiger partial charge on any atom is -0.333 e. The lowest BCUT2D eigenvalue weighted by atomic mass is 9.93. The molecule has 3 rings (SSSR count). The monoisotopic (exact) mass is 412 g/mol. The molecule has 0 bridgehead atoms. The highest BCUT2D eigenvalue weighted by Gasteiger charge is 2.34. The number of fused-ring (bicyclic) bond motifs is 1. The quantitative estimate of drug-likeness (QED) is 0.658. The fourth-order valence-electron chi connectivity index (χ4n) is 4.01. The minimum absolute atomic E-state index is 0.0356. The maximum absolute atomic E-state index is 13.4. The summed E-state index contributed by atoms with van der Waals surface area (Å²) in [5, 5.41) is 2.12. The van der Waals surface area contributed by atoms with E-state index in [4.69, 9.17) is 0 Å². The topological polar surface area (TPSA) is 40.6 Å². The van der Waals surface area contributed by atoms with E-state index in [1.807, 2.05) is 36.9 Å². The van der Waals surface area contributed by atoms with Gasteiger partial charge in [-0.25, -0.2) is 0 Å². The maximum Gasteiger partial charge on any atom is 0.242 e. The molecule has 0 fully saturated rings. The van der Waals surface area contributed by atoms with E-state index in [0.717, 1.165) is 12.0 Å². The van der Waals surface area contributed by atoms with Crippen LogP contribution in [-0.2, 0) is 16.0 Å². The molecule has 0 aliphatic carbocycles. The molecular weight excluding hydrogens is 380 g/mol. The number of hydrogen-bond acceptors (Lipinski definition) is 3. The SMILES string of the molecule is CC(C)CC(=O)N(CC(=O)N1CCc2sccc2[C@H]1c1ccccc1)CC(C)C. The van der Waals surface area contributed by atoms with Crippen molar-refractivity contribution in [3.63, 3.8) is 0 Å². The van der Waals surface area contributed by atoms with Gasteiger partial charge < -0.3 is 9.80 Å². The van der Waals surface area contributed by atoms with E-state index in [-0.39, 0.29) is 30.3 Å². The van der Waals surface area contributed by atoms with Crippen molar-refractivity contribution in [1.29, 1.82) is 0 Å². The molecule has 0 unspecified atom stereocenters. The number of benzene rings is 1. The Labute approximate surface area is 178 Å². The molecule has 156 valence electrons. The van der Waals surface area contributed by atoms with Crippen molar-refractivity contribution in [2.75, 3.05) is 19.6 Å². The van der Waals surface area contributed by atoms with Gasteiger partial charge in [0.25, 0.3) is 0 Å². The number of thiophene rings is 1. The lowest BCUT2D eigenvalue weighted by molar-refractivity contribution is -0.142. The van der Waals surface area contributed by atoms with Gasteiger partial charge in [0.05, 0.1) is 12.6 Å². The molecule has 5 heteroatoms. The highest BCUT2D eigenvalue weighted by Crippen LogP contribution is 2.37. The fraction of sp³-hybridized carbons (Fsp3) is 0.500. The molecule has 4 nitrogen and oxygen atoms in total. The lowest BCUT2D eigenvalue weighted by Crippen LogP contribution is -2.47. The molecule has 1 aliphatic heterocycles. The molecule has 29 heavy (non-hydrogen) atoms. The molecule has 0 radical (unpaired) electrons. The maximum atomic E-state index is 13.4. The van der Waals surface area contributed by atoms with Crippen molar-refractivity contribution < 1.29 is 9.59 Å². The summed E-state index contributed by atoms with van der Waals surface area (Å²) in [7, 11) is 0. The summed E-state index contributed by atoms with van der Waals surface area (Å²) in [6.07, 6.45) is 1.36. The molecule has 1 aliphatic rings. The van der Waals surface area contributed by atoms with Gasteiger partial charge in [0.2, 0.25) is 11.8 Å². The first-order chi connectivity index (χ1) is 13.9. The highest BCUT2D eigenvalue weighted by atomic mass is 32.1. The Kier molecular flexibility index (Phi) is 7.12. The lowest BCUT2D eigenvalue weighted by Gasteiger charge is -2.38. The van der Waals surface area contributed by atoms with Crippen LogP contribution >= 0.6 is 11.3 Å². The molecule has 1 atom stereocenters. The average molecular weight is 413 g/mol. The summed E-state index contributed by atoms with van der Waals surface area (Å²) in [5.74, 6) is 0.723. The zero-order valence-electron chi connectivity index (χ0n) is 17.9. The summed E-state index contributed by atoms with van der Waals surface area (Å²) < 4.78 is 0. The van der Waals surface area contributed by atoms with Crippen LogP contribution in [0.15, 0.2) is 41.8 Å². The van der Waals surface area contributed by atoms with E-state index < -0.39 is 0 Å². The van der Waals surface area contributed by atoms with Crippen molar-refractivity contribution >= 4 is 23.2 Å². The van der Waals surface area contributed by atoms with Gasteiger partial charge in [-0.1, -0.05) is 58.0 Å². The molecule has 2 heterocycles. The first-order valence-electron chi connectivity index (χ1n) is 10.5. The van der Waals surface area contributed by atoms with Gasteiger partial charge in [-0.15, -0.1) is 11.3 Å². The Hall–Kier alpha value is -2.14.